The first-order valence-corrected chi connectivity index (χ1v) is 5.01. The summed E-state index contributed by atoms with van der Waals surface area (Å²) in [6.45, 7) is 4.09. The summed E-state index contributed by atoms with van der Waals surface area (Å²) >= 11 is 0. The second-order valence-corrected chi connectivity index (χ2v) is 3.92. The Morgan fingerprint density at radius 1 is 1.53 bits per heavy atom. The lowest BCUT2D eigenvalue weighted by Gasteiger charge is -2.01. The van der Waals surface area contributed by atoms with E-state index in [1.165, 1.54) is 0 Å². The van der Waals surface area contributed by atoms with Crippen LogP contribution >= 0.6 is 0 Å². The average molecular weight is 205 g/mol. The van der Waals surface area contributed by atoms with Crippen LogP contribution in [0.3, 0.4) is 0 Å². The molecule has 15 heavy (non-hydrogen) atoms. The highest BCUT2D eigenvalue weighted by Gasteiger charge is 2.13. The van der Waals surface area contributed by atoms with E-state index in [2.05, 4.69) is 18.8 Å². The summed E-state index contributed by atoms with van der Waals surface area (Å²) in [6, 6.07) is 3.71. The Bertz CT molecular complexity index is 488. The summed E-state index contributed by atoms with van der Waals surface area (Å²) in [6.07, 6.45) is 1.86. The van der Waals surface area contributed by atoms with Crippen molar-refractivity contribution in [1.29, 1.82) is 0 Å². The zero-order valence-corrected chi connectivity index (χ0v) is 8.94. The lowest BCUT2D eigenvalue weighted by molar-refractivity contribution is 0.282. The van der Waals surface area contributed by atoms with Gasteiger partial charge >= 0.3 is 0 Å². The summed E-state index contributed by atoms with van der Waals surface area (Å²) in [5.74, 6) is 0.951. The minimum Gasteiger partial charge on any atom is -0.392 e. The van der Waals surface area contributed by atoms with Crippen LogP contribution in [0.15, 0.2) is 18.3 Å². The van der Waals surface area contributed by atoms with Gasteiger partial charge in [-0.1, -0.05) is 19.9 Å². The number of aromatic nitrogens is 2. The third-order valence-corrected chi connectivity index (χ3v) is 2.51. The number of rotatable bonds is 2. The number of nitrogen functional groups attached to an aromatic ring is 1. The van der Waals surface area contributed by atoms with Gasteiger partial charge in [0.25, 0.3) is 0 Å². The number of aliphatic hydroxyl groups excluding tert-OH is 1. The monoisotopic (exact) mass is 205 g/mol. The van der Waals surface area contributed by atoms with Gasteiger partial charge in [-0.25, -0.2) is 4.98 Å². The predicted molar refractivity (Wildman–Crippen MR) is 59.6 cm³/mol. The van der Waals surface area contributed by atoms with Crippen LogP contribution in [-0.4, -0.2) is 14.5 Å². The molecule has 0 aliphatic heterocycles. The second-order valence-electron chi connectivity index (χ2n) is 3.92. The molecule has 80 valence electrons. The van der Waals surface area contributed by atoms with Gasteiger partial charge in [0.2, 0.25) is 0 Å². The van der Waals surface area contributed by atoms with Crippen molar-refractivity contribution < 1.29 is 5.11 Å². The fourth-order valence-corrected chi connectivity index (χ4v) is 1.71. The van der Waals surface area contributed by atoms with E-state index in [1.807, 2.05) is 22.7 Å². The molecule has 0 saturated carbocycles. The maximum Gasteiger partial charge on any atom is 0.144 e. The summed E-state index contributed by atoms with van der Waals surface area (Å²) in [7, 11) is 0. The molecule has 3 N–H and O–H groups in total. The van der Waals surface area contributed by atoms with Gasteiger partial charge < -0.3 is 10.8 Å². The lowest BCUT2D eigenvalue weighted by atomic mass is 10.1. The molecular formula is C11H15N3O. The highest BCUT2D eigenvalue weighted by atomic mass is 16.3. The number of nitrogens with zero attached hydrogens (tertiary/aromatic N) is 2. The van der Waals surface area contributed by atoms with Crippen LogP contribution in [0.25, 0.3) is 5.65 Å². The van der Waals surface area contributed by atoms with Crippen molar-refractivity contribution in [3.63, 3.8) is 0 Å². The zero-order valence-electron chi connectivity index (χ0n) is 8.94. The molecule has 0 aromatic carbocycles. The summed E-state index contributed by atoms with van der Waals surface area (Å²) in [5.41, 5.74) is 8.42. The van der Waals surface area contributed by atoms with E-state index in [0.29, 0.717) is 5.82 Å². The van der Waals surface area contributed by atoms with Gasteiger partial charge in [-0.05, 0) is 12.0 Å². The molecule has 0 aliphatic carbocycles. The van der Waals surface area contributed by atoms with Crippen molar-refractivity contribution in [2.24, 2.45) is 0 Å². The molecular weight excluding hydrogens is 190 g/mol. The lowest BCUT2D eigenvalue weighted by Crippen LogP contribution is -1.98. The number of imidazole rings is 1. The molecule has 2 aromatic heterocycles. The second kappa shape index (κ2) is 3.55. The number of aliphatic hydroxyl groups is 1. The quantitative estimate of drug-likeness (QED) is 0.781. The van der Waals surface area contributed by atoms with E-state index in [9.17, 15) is 5.11 Å². The highest BCUT2D eigenvalue weighted by Crippen LogP contribution is 2.24. The van der Waals surface area contributed by atoms with Crippen molar-refractivity contribution in [2.75, 3.05) is 5.73 Å². The average Bonchev–Trinajstić information content (AvgIpc) is 2.56. The maximum atomic E-state index is 9.18. The van der Waals surface area contributed by atoms with Gasteiger partial charge in [0.1, 0.15) is 11.5 Å². The topological polar surface area (TPSA) is 63.5 Å². The first-order valence-electron chi connectivity index (χ1n) is 5.01. The summed E-state index contributed by atoms with van der Waals surface area (Å²) in [5, 5.41) is 9.18. The molecule has 2 rings (SSSR count). The van der Waals surface area contributed by atoms with Gasteiger partial charge in [-0.15, -0.1) is 0 Å². The van der Waals surface area contributed by atoms with E-state index in [-0.39, 0.29) is 12.5 Å². The van der Waals surface area contributed by atoms with Gasteiger partial charge in [-0.2, -0.15) is 0 Å². The van der Waals surface area contributed by atoms with Crippen molar-refractivity contribution in [3.05, 3.63) is 29.6 Å². The van der Waals surface area contributed by atoms with Crippen LogP contribution < -0.4 is 5.73 Å². The molecule has 0 aliphatic rings. The Morgan fingerprint density at radius 3 is 2.87 bits per heavy atom. The Morgan fingerprint density at radius 2 is 2.27 bits per heavy atom. The van der Waals surface area contributed by atoms with Crippen LogP contribution in [0.4, 0.5) is 5.82 Å². The number of hydrogen-bond donors (Lipinski definition) is 2. The Kier molecular flexibility index (Phi) is 2.36. The van der Waals surface area contributed by atoms with E-state index in [1.54, 1.807) is 0 Å². The Balaban J connectivity index is 2.75. The minimum absolute atomic E-state index is 0.0155. The third kappa shape index (κ3) is 1.47. The van der Waals surface area contributed by atoms with E-state index in [0.717, 1.165) is 16.9 Å². The third-order valence-electron chi connectivity index (χ3n) is 2.51. The van der Waals surface area contributed by atoms with Crippen LogP contribution in [0.2, 0.25) is 0 Å². The van der Waals surface area contributed by atoms with Gasteiger partial charge in [-0.3, -0.25) is 4.40 Å². The fraction of sp³-hybridized carbons (Fsp3) is 0.364. The van der Waals surface area contributed by atoms with Crippen molar-refractivity contribution in [2.45, 2.75) is 26.4 Å². The molecule has 0 spiro atoms. The van der Waals surface area contributed by atoms with E-state index >= 15 is 0 Å². The standard InChI is InChI=1S/C11H15N3O/c1-7(2)9-10(12)14-5-3-4-8(6-15)11(14)13-9/h3-5,7,15H,6,12H2,1-2H3. The summed E-state index contributed by atoms with van der Waals surface area (Å²) < 4.78 is 1.82. The van der Waals surface area contributed by atoms with Crippen LogP contribution in [0, 0.1) is 0 Å². The molecule has 0 atom stereocenters. The molecule has 2 heterocycles. The smallest absolute Gasteiger partial charge is 0.144 e. The SMILES string of the molecule is CC(C)c1nc2c(CO)cccn2c1N. The molecule has 0 bridgehead atoms. The van der Waals surface area contributed by atoms with Gasteiger partial charge in [0.15, 0.2) is 0 Å². The first kappa shape index (κ1) is 9.98. The van der Waals surface area contributed by atoms with Crippen molar-refractivity contribution in [3.8, 4) is 0 Å². The van der Waals surface area contributed by atoms with Crippen LogP contribution in [0.5, 0.6) is 0 Å². The Labute approximate surface area is 88.4 Å². The first-order chi connectivity index (χ1) is 7.15. The molecule has 0 radical (unpaired) electrons. The van der Waals surface area contributed by atoms with E-state index in [4.69, 9.17) is 5.73 Å². The maximum absolute atomic E-state index is 9.18. The minimum atomic E-state index is -0.0155. The Hall–Kier alpha value is -1.55. The molecule has 2 aromatic rings. The van der Waals surface area contributed by atoms with Crippen LogP contribution in [0.1, 0.15) is 31.0 Å². The number of pyridine rings is 1. The fourth-order valence-electron chi connectivity index (χ4n) is 1.71. The molecule has 0 unspecified atom stereocenters. The molecule has 0 saturated heterocycles. The number of anilines is 1. The van der Waals surface area contributed by atoms with Crippen molar-refractivity contribution in [1.82, 2.24) is 9.38 Å². The number of fused-ring (bicyclic) bond motifs is 1. The molecule has 4 nitrogen and oxygen atoms in total. The molecule has 0 fully saturated rings. The van der Waals surface area contributed by atoms with E-state index < -0.39 is 0 Å². The zero-order chi connectivity index (χ0) is 11.0. The number of nitrogens with two attached hydrogens (primary N) is 1. The predicted octanol–water partition coefficient (Wildman–Crippen LogP) is 1.53. The molecule has 4 heteroatoms. The van der Waals surface area contributed by atoms with Gasteiger partial charge in [0.05, 0.1) is 12.3 Å². The van der Waals surface area contributed by atoms with Crippen molar-refractivity contribution >= 4 is 11.5 Å². The summed E-state index contributed by atoms with van der Waals surface area (Å²) in [4.78, 5) is 4.46. The van der Waals surface area contributed by atoms with Gasteiger partial charge in [0, 0.05) is 11.8 Å². The van der Waals surface area contributed by atoms with Crippen LogP contribution in [-0.2, 0) is 6.61 Å². The number of hydrogen-bond acceptors (Lipinski definition) is 3. The highest BCUT2D eigenvalue weighted by molar-refractivity contribution is 5.57. The molecule has 0 amide bonds. The normalized spacial score (nSPS) is 11.5. The largest absolute Gasteiger partial charge is 0.392 e.